The van der Waals surface area contributed by atoms with Crippen molar-refractivity contribution in [3.05, 3.63) is 46.6 Å². The molecule has 2 aromatic heterocycles. The fourth-order valence-electron chi connectivity index (χ4n) is 2.06. The number of carbonyl (C=O) groups excluding carboxylic acids is 2. The third kappa shape index (κ3) is 7.30. The lowest BCUT2D eigenvalue weighted by molar-refractivity contribution is -0.154. The van der Waals surface area contributed by atoms with E-state index in [0.29, 0.717) is 5.56 Å². The fourth-order valence-corrected chi connectivity index (χ4v) is 2.31. The van der Waals surface area contributed by atoms with Gasteiger partial charge in [-0.05, 0) is 17.7 Å². The molecule has 0 atom stereocenters. The van der Waals surface area contributed by atoms with Crippen LogP contribution in [0.3, 0.4) is 0 Å². The largest absolute Gasteiger partial charge is 0.467 e. The van der Waals surface area contributed by atoms with Crippen LogP contribution < -0.4 is 10.1 Å². The van der Waals surface area contributed by atoms with E-state index in [1.807, 2.05) is 0 Å². The van der Waals surface area contributed by atoms with E-state index >= 15 is 0 Å². The Balaban J connectivity index is 1.97. The first-order chi connectivity index (χ1) is 13.5. The molecule has 0 saturated carbocycles. The molecule has 29 heavy (non-hydrogen) atoms. The van der Waals surface area contributed by atoms with Gasteiger partial charge in [-0.15, -0.1) is 0 Å². The Kier molecular flexibility index (Phi) is 7.49. The molecule has 0 fully saturated rings. The van der Waals surface area contributed by atoms with Crippen LogP contribution in [0.5, 0.6) is 5.88 Å². The van der Waals surface area contributed by atoms with Crippen molar-refractivity contribution in [1.29, 1.82) is 0 Å². The summed E-state index contributed by atoms with van der Waals surface area (Å²) in [6, 6.07) is 2.74. The SMILES string of the molecule is CC(C)C(=O)Cc1nccc(C(=O)NCc2cnc(OCC(F)(F)F)c(Cl)c2)n1. The summed E-state index contributed by atoms with van der Waals surface area (Å²) in [7, 11) is 0. The van der Waals surface area contributed by atoms with E-state index in [1.165, 1.54) is 24.5 Å². The zero-order valence-corrected chi connectivity index (χ0v) is 16.3. The van der Waals surface area contributed by atoms with Crippen LogP contribution >= 0.6 is 11.6 Å². The summed E-state index contributed by atoms with van der Waals surface area (Å²) in [5.41, 5.74) is 0.530. The second-order valence-electron chi connectivity index (χ2n) is 6.37. The van der Waals surface area contributed by atoms with Crippen LogP contribution in [0.15, 0.2) is 24.5 Å². The first-order valence-electron chi connectivity index (χ1n) is 8.52. The van der Waals surface area contributed by atoms with Gasteiger partial charge < -0.3 is 10.1 Å². The maximum absolute atomic E-state index is 12.3. The summed E-state index contributed by atoms with van der Waals surface area (Å²) in [4.78, 5) is 35.8. The molecule has 2 aromatic rings. The van der Waals surface area contributed by atoms with E-state index in [1.54, 1.807) is 13.8 Å². The lowest BCUT2D eigenvalue weighted by atomic mass is 10.1. The van der Waals surface area contributed by atoms with Crippen LogP contribution in [0.2, 0.25) is 5.02 Å². The highest BCUT2D eigenvalue weighted by atomic mass is 35.5. The molecule has 0 unspecified atom stereocenters. The Morgan fingerprint density at radius 1 is 1.28 bits per heavy atom. The van der Waals surface area contributed by atoms with Gasteiger partial charge in [0.1, 0.15) is 22.3 Å². The number of rotatable bonds is 8. The molecule has 11 heteroatoms. The molecule has 1 N–H and O–H groups in total. The van der Waals surface area contributed by atoms with Crippen LogP contribution in [0.25, 0.3) is 0 Å². The Morgan fingerprint density at radius 3 is 2.62 bits per heavy atom. The van der Waals surface area contributed by atoms with Crippen molar-refractivity contribution in [2.24, 2.45) is 5.92 Å². The van der Waals surface area contributed by atoms with Gasteiger partial charge >= 0.3 is 6.18 Å². The molecule has 0 bridgehead atoms. The van der Waals surface area contributed by atoms with E-state index in [2.05, 4.69) is 25.0 Å². The monoisotopic (exact) mass is 430 g/mol. The molecule has 2 rings (SSSR count). The van der Waals surface area contributed by atoms with Crippen LogP contribution in [-0.4, -0.2) is 39.4 Å². The Morgan fingerprint density at radius 2 is 2.00 bits per heavy atom. The predicted molar refractivity (Wildman–Crippen MR) is 97.5 cm³/mol. The van der Waals surface area contributed by atoms with Gasteiger partial charge in [0.15, 0.2) is 6.61 Å². The normalized spacial score (nSPS) is 11.4. The highest BCUT2D eigenvalue weighted by Gasteiger charge is 2.29. The van der Waals surface area contributed by atoms with Gasteiger partial charge in [-0.3, -0.25) is 9.59 Å². The average Bonchev–Trinajstić information content (AvgIpc) is 2.64. The molecular weight excluding hydrogens is 413 g/mol. The summed E-state index contributed by atoms with van der Waals surface area (Å²) in [6.07, 6.45) is -1.85. The van der Waals surface area contributed by atoms with Gasteiger partial charge in [-0.1, -0.05) is 25.4 Å². The van der Waals surface area contributed by atoms with E-state index < -0.39 is 18.7 Å². The molecule has 0 aliphatic rings. The maximum atomic E-state index is 12.3. The molecule has 0 saturated heterocycles. The van der Waals surface area contributed by atoms with Crippen molar-refractivity contribution < 1.29 is 27.5 Å². The molecular formula is C18H18ClF3N4O3. The number of nitrogens with zero attached hydrogens (tertiary/aromatic N) is 3. The molecule has 156 valence electrons. The predicted octanol–water partition coefficient (Wildman–Crippen LogP) is 3.16. The highest BCUT2D eigenvalue weighted by molar-refractivity contribution is 6.31. The van der Waals surface area contributed by atoms with Crippen molar-refractivity contribution in [2.45, 2.75) is 33.0 Å². The number of hydrogen-bond donors (Lipinski definition) is 1. The minimum atomic E-state index is -4.51. The lowest BCUT2D eigenvalue weighted by Crippen LogP contribution is -2.25. The van der Waals surface area contributed by atoms with Gasteiger partial charge in [0.05, 0.1) is 6.42 Å². The van der Waals surface area contributed by atoms with Gasteiger partial charge in [0.25, 0.3) is 5.91 Å². The molecule has 0 aromatic carbocycles. The minimum Gasteiger partial charge on any atom is -0.467 e. The number of nitrogens with one attached hydrogen (secondary N) is 1. The first-order valence-corrected chi connectivity index (χ1v) is 8.89. The molecule has 0 spiro atoms. The third-order valence-corrected chi connectivity index (χ3v) is 3.87. The number of Topliss-reactive ketones (excluding diaryl/α,β-unsaturated/α-hetero) is 1. The first kappa shape index (κ1) is 22.5. The lowest BCUT2D eigenvalue weighted by Gasteiger charge is -2.11. The maximum Gasteiger partial charge on any atom is 0.422 e. The van der Waals surface area contributed by atoms with Gasteiger partial charge in [0.2, 0.25) is 5.88 Å². The zero-order valence-electron chi connectivity index (χ0n) is 15.6. The summed E-state index contributed by atoms with van der Waals surface area (Å²) in [5.74, 6) is -0.840. The third-order valence-electron chi connectivity index (χ3n) is 3.60. The van der Waals surface area contributed by atoms with Crippen molar-refractivity contribution in [1.82, 2.24) is 20.3 Å². The molecule has 0 aliphatic heterocycles. The van der Waals surface area contributed by atoms with Crippen LogP contribution in [0.4, 0.5) is 13.2 Å². The Hall–Kier alpha value is -2.75. The number of pyridine rings is 1. The van der Waals surface area contributed by atoms with E-state index in [4.69, 9.17) is 11.6 Å². The quantitative estimate of drug-likeness (QED) is 0.691. The summed E-state index contributed by atoms with van der Waals surface area (Å²) < 4.78 is 41.1. The van der Waals surface area contributed by atoms with Crippen molar-refractivity contribution in [3.63, 3.8) is 0 Å². The van der Waals surface area contributed by atoms with Gasteiger partial charge in [0, 0.05) is 24.9 Å². The Bertz CT molecular complexity index is 891. The minimum absolute atomic E-state index is 0.00929. The second-order valence-corrected chi connectivity index (χ2v) is 6.78. The number of amides is 1. The number of ketones is 1. The second kappa shape index (κ2) is 9.64. The van der Waals surface area contributed by atoms with E-state index in [-0.39, 0.29) is 47.1 Å². The van der Waals surface area contributed by atoms with E-state index in [9.17, 15) is 22.8 Å². The fraction of sp³-hybridized carbons (Fsp3) is 0.389. The summed E-state index contributed by atoms with van der Waals surface area (Å²) in [5, 5.41) is 2.47. The number of aromatic nitrogens is 3. The molecule has 2 heterocycles. The Labute approximate surface area is 169 Å². The molecule has 0 radical (unpaired) electrons. The van der Waals surface area contributed by atoms with Crippen LogP contribution in [0, 0.1) is 5.92 Å². The van der Waals surface area contributed by atoms with Gasteiger partial charge in [-0.2, -0.15) is 13.2 Å². The van der Waals surface area contributed by atoms with Crippen molar-refractivity contribution in [3.8, 4) is 5.88 Å². The smallest absolute Gasteiger partial charge is 0.422 e. The van der Waals surface area contributed by atoms with E-state index in [0.717, 1.165) is 0 Å². The number of ether oxygens (including phenoxy) is 1. The number of alkyl halides is 3. The topological polar surface area (TPSA) is 94.1 Å². The summed E-state index contributed by atoms with van der Waals surface area (Å²) in [6.45, 7) is 2.02. The average molecular weight is 431 g/mol. The molecule has 7 nitrogen and oxygen atoms in total. The number of hydrogen-bond acceptors (Lipinski definition) is 6. The molecule has 0 aliphatic carbocycles. The number of halogens is 4. The van der Waals surface area contributed by atoms with Crippen LogP contribution in [-0.2, 0) is 17.8 Å². The zero-order chi connectivity index (χ0) is 21.6. The van der Waals surface area contributed by atoms with Crippen LogP contribution in [0.1, 0.15) is 35.7 Å². The van der Waals surface area contributed by atoms with Gasteiger partial charge in [-0.25, -0.2) is 15.0 Å². The highest BCUT2D eigenvalue weighted by Crippen LogP contribution is 2.25. The molecule has 1 amide bonds. The standard InChI is InChI=1S/C18H18ClF3N4O3/c1-10(2)14(27)6-15-23-4-3-13(26-15)16(28)24-7-11-5-12(19)17(25-8-11)29-9-18(20,21)22/h3-5,8,10H,6-7,9H2,1-2H3,(H,24,28). The summed E-state index contributed by atoms with van der Waals surface area (Å²) >= 11 is 5.87. The van der Waals surface area contributed by atoms with Crippen molar-refractivity contribution >= 4 is 23.3 Å². The van der Waals surface area contributed by atoms with Crippen molar-refractivity contribution in [2.75, 3.05) is 6.61 Å². The number of carbonyl (C=O) groups is 2.